The zero-order valence-corrected chi connectivity index (χ0v) is 10.8. The molecule has 100 valence electrons. The van der Waals surface area contributed by atoms with E-state index < -0.39 is 0 Å². The van der Waals surface area contributed by atoms with E-state index in [4.69, 9.17) is 4.74 Å². The third-order valence-electron chi connectivity index (χ3n) is 3.47. The van der Waals surface area contributed by atoms with Gasteiger partial charge in [-0.1, -0.05) is 6.07 Å². The van der Waals surface area contributed by atoms with Crippen molar-refractivity contribution in [1.82, 2.24) is 24.8 Å². The second-order valence-corrected chi connectivity index (χ2v) is 4.72. The highest BCUT2D eigenvalue weighted by atomic mass is 16.5. The fourth-order valence-corrected chi connectivity index (χ4v) is 2.45. The summed E-state index contributed by atoms with van der Waals surface area (Å²) in [6.07, 6.45) is 5.07. The van der Waals surface area contributed by atoms with Crippen LogP contribution in [-0.2, 0) is 17.9 Å². The lowest BCUT2D eigenvalue weighted by atomic mass is 10.1. The normalized spacial score (nSPS) is 15.0. The van der Waals surface area contributed by atoms with Gasteiger partial charge >= 0.3 is 0 Å². The lowest BCUT2D eigenvalue weighted by Crippen LogP contribution is -2.13. The molecule has 2 aromatic heterocycles. The number of benzene rings is 1. The molecule has 4 rings (SSSR count). The summed E-state index contributed by atoms with van der Waals surface area (Å²) in [5.74, 6) is 0. The number of nitrogens with one attached hydrogen (secondary N) is 1. The van der Waals surface area contributed by atoms with Gasteiger partial charge in [-0.05, 0) is 23.3 Å². The van der Waals surface area contributed by atoms with E-state index in [1.807, 2.05) is 4.57 Å². The third-order valence-corrected chi connectivity index (χ3v) is 3.47. The van der Waals surface area contributed by atoms with Crippen molar-refractivity contribution in [2.75, 3.05) is 6.73 Å². The Bertz CT molecular complexity index is 767. The van der Waals surface area contributed by atoms with Crippen molar-refractivity contribution in [3.63, 3.8) is 0 Å². The van der Waals surface area contributed by atoms with Gasteiger partial charge in [0.05, 0.1) is 19.5 Å². The molecule has 1 aromatic carbocycles. The van der Waals surface area contributed by atoms with Crippen LogP contribution in [0.15, 0.2) is 37.1 Å². The van der Waals surface area contributed by atoms with Crippen molar-refractivity contribution in [1.29, 1.82) is 0 Å². The van der Waals surface area contributed by atoms with Gasteiger partial charge in [-0.3, -0.25) is 9.88 Å². The molecule has 0 radical (unpaired) electrons. The van der Waals surface area contributed by atoms with Crippen LogP contribution in [0, 0.1) is 0 Å². The molecule has 1 N–H and O–H groups in total. The van der Waals surface area contributed by atoms with E-state index in [-0.39, 0.29) is 0 Å². The van der Waals surface area contributed by atoms with E-state index in [0.717, 1.165) is 17.7 Å². The molecule has 0 saturated heterocycles. The molecule has 3 heterocycles. The molecule has 0 bridgehead atoms. The molecule has 1 aliphatic heterocycles. The topological polar surface area (TPSA) is 64.9 Å². The van der Waals surface area contributed by atoms with Crippen molar-refractivity contribution < 1.29 is 4.74 Å². The van der Waals surface area contributed by atoms with Crippen LogP contribution in [-0.4, -0.2) is 26.2 Å². The van der Waals surface area contributed by atoms with Crippen LogP contribution >= 0.6 is 0 Å². The van der Waals surface area contributed by atoms with Gasteiger partial charge < -0.3 is 4.74 Å². The first-order valence-electron chi connectivity index (χ1n) is 6.45. The van der Waals surface area contributed by atoms with Gasteiger partial charge in [-0.2, -0.15) is 0 Å². The molecule has 0 unspecified atom stereocenters. The lowest BCUT2D eigenvalue weighted by Gasteiger charge is -2.09. The van der Waals surface area contributed by atoms with E-state index >= 15 is 0 Å². The molecular formula is C14H13N5O. The maximum atomic E-state index is 5.47. The van der Waals surface area contributed by atoms with Crippen molar-refractivity contribution in [2.24, 2.45) is 0 Å². The SMILES string of the molecule is c1ncc2c(n1)ncn2-c1ccc2c(c1)CNCOC2. The van der Waals surface area contributed by atoms with Gasteiger partial charge in [0.2, 0.25) is 0 Å². The highest BCUT2D eigenvalue weighted by Crippen LogP contribution is 2.21. The Morgan fingerprint density at radius 3 is 3.20 bits per heavy atom. The molecule has 1 aliphatic rings. The summed E-state index contributed by atoms with van der Waals surface area (Å²) in [6, 6.07) is 6.33. The first-order valence-corrected chi connectivity index (χ1v) is 6.45. The van der Waals surface area contributed by atoms with E-state index in [0.29, 0.717) is 19.0 Å². The first kappa shape index (κ1) is 11.5. The second kappa shape index (κ2) is 4.66. The van der Waals surface area contributed by atoms with Crippen LogP contribution in [0.3, 0.4) is 0 Å². The summed E-state index contributed by atoms with van der Waals surface area (Å²) < 4.78 is 7.47. The third kappa shape index (κ3) is 1.86. The van der Waals surface area contributed by atoms with Gasteiger partial charge in [0.1, 0.15) is 18.2 Å². The zero-order valence-electron chi connectivity index (χ0n) is 10.8. The van der Waals surface area contributed by atoms with Crippen molar-refractivity contribution in [2.45, 2.75) is 13.2 Å². The fraction of sp³-hybridized carbons (Fsp3) is 0.214. The number of fused-ring (bicyclic) bond motifs is 2. The largest absolute Gasteiger partial charge is 0.362 e. The summed E-state index contributed by atoms with van der Waals surface area (Å²) in [4.78, 5) is 12.5. The molecule has 3 aromatic rings. The Labute approximate surface area is 115 Å². The van der Waals surface area contributed by atoms with Crippen molar-refractivity contribution in [3.8, 4) is 5.69 Å². The molecule has 0 amide bonds. The highest BCUT2D eigenvalue weighted by Gasteiger charge is 2.11. The Balaban J connectivity index is 1.84. The first-order chi connectivity index (χ1) is 9.92. The van der Waals surface area contributed by atoms with Crippen LogP contribution in [0.2, 0.25) is 0 Å². The van der Waals surface area contributed by atoms with Gasteiger partial charge in [0, 0.05) is 12.2 Å². The Morgan fingerprint density at radius 1 is 1.20 bits per heavy atom. The molecule has 6 heteroatoms. The Morgan fingerprint density at radius 2 is 2.20 bits per heavy atom. The molecular weight excluding hydrogens is 254 g/mol. The summed E-state index contributed by atoms with van der Waals surface area (Å²) in [5.41, 5.74) is 5.14. The summed E-state index contributed by atoms with van der Waals surface area (Å²) in [7, 11) is 0. The molecule has 0 fully saturated rings. The number of rotatable bonds is 1. The molecule has 0 saturated carbocycles. The quantitative estimate of drug-likeness (QED) is 0.722. The number of hydrogen-bond acceptors (Lipinski definition) is 5. The molecule has 0 atom stereocenters. The fourth-order valence-electron chi connectivity index (χ4n) is 2.45. The number of hydrogen-bond donors (Lipinski definition) is 1. The van der Waals surface area contributed by atoms with Gasteiger partial charge in [0.15, 0.2) is 5.65 Å². The zero-order chi connectivity index (χ0) is 13.4. The van der Waals surface area contributed by atoms with E-state index in [2.05, 4.69) is 38.5 Å². The molecule has 20 heavy (non-hydrogen) atoms. The monoisotopic (exact) mass is 267 g/mol. The standard InChI is InChI=1S/C14H13N5O/c1-2-12(3-11-4-16-9-20-6-10(1)11)19-8-18-14-13(19)5-15-7-17-14/h1-3,5,7-8,16H,4,6,9H2. The number of aromatic nitrogens is 4. The van der Waals surface area contributed by atoms with E-state index in [1.54, 1.807) is 12.5 Å². The lowest BCUT2D eigenvalue weighted by molar-refractivity contribution is 0.110. The number of imidazole rings is 1. The molecule has 6 nitrogen and oxygen atoms in total. The summed E-state index contributed by atoms with van der Waals surface area (Å²) in [5, 5.41) is 3.24. The average Bonchev–Trinajstić information content (AvgIpc) is 2.78. The average molecular weight is 267 g/mol. The van der Waals surface area contributed by atoms with Crippen LogP contribution in [0.25, 0.3) is 16.9 Å². The second-order valence-electron chi connectivity index (χ2n) is 4.72. The highest BCUT2D eigenvalue weighted by molar-refractivity contribution is 5.72. The minimum absolute atomic E-state index is 0.589. The van der Waals surface area contributed by atoms with Crippen LogP contribution in [0.4, 0.5) is 0 Å². The maximum Gasteiger partial charge on any atom is 0.181 e. The maximum absolute atomic E-state index is 5.47. The Hall–Kier alpha value is -2.31. The molecule has 0 spiro atoms. The van der Waals surface area contributed by atoms with Crippen molar-refractivity contribution >= 4 is 11.2 Å². The van der Waals surface area contributed by atoms with Gasteiger partial charge in [0.25, 0.3) is 0 Å². The Kier molecular flexibility index (Phi) is 2.68. The van der Waals surface area contributed by atoms with Crippen LogP contribution in [0.5, 0.6) is 0 Å². The predicted molar refractivity (Wildman–Crippen MR) is 73.2 cm³/mol. The van der Waals surface area contributed by atoms with Gasteiger partial charge in [-0.15, -0.1) is 0 Å². The summed E-state index contributed by atoms with van der Waals surface area (Å²) >= 11 is 0. The van der Waals surface area contributed by atoms with E-state index in [9.17, 15) is 0 Å². The minimum Gasteiger partial charge on any atom is -0.362 e. The predicted octanol–water partition coefficient (Wildman–Crippen LogP) is 1.39. The minimum atomic E-state index is 0.589. The van der Waals surface area contributed by atoms with Gasteiger partial charge in [-0.25, -0.2) is 15.0 Å². The van der Waals surface area contributed by atoms with Crippen LogP contribution in [0.1, 0.15) is 11.1 Å². The number of nitrogens with zero attached hydrogens (tertiary/aromatic N) is 4. The molecule has 0 aliphatic carbocycles. The number of ether oxygens (including phenoxy) is 1. The van der Waals surface area contributed by atoms with Crippen molar-refractivity contribution in [3.05, 3.63) is 48.2 Å². The summed E-state index contributed by atoms with van der Waals surface area (Å²) in [6.45, 7) is 2.05. The van der Waals surface area contributed by atoms with Crippen LogP contribution < -0.4 is 5.32 Å². The smallest absolute Gasteiger partial charge is 0.181 e. The van der Waals surface area contributed by atoms with E-state index in [1.165, 1.54) is 17.5 Å².